The molecule has 1 heterocycles. The molecule has 0 bridgehead atoms. The van der Waals surface area contributed by atoms with Gasteiger partial charge in [0.05, 0.1) is 12.1 Å². The Bertz CT molecular complexity index is 629. The van der Waals surface area contributed by atoms with Crippen molar-refractivity contribution in [3.8, 4) is 0 Å². The molecule has 1 unspecified atom stereocenters. The third-order valence-electron chi connectivity index (χ3n) is 3.29. The highest BCUT2D eigenvalue weighted by molar-refractivity contribution is 5.90. The van der Waals surface area contributed by atoms with Gasteiger partial charge in [-0.3, -0.25) is 4.79 Å². The summed E-state index contributed by atoms with van der Waals surface area (Å²) in [7, 11) is 0. The zero-order chi connectivity index (χ0) is 15.5. The van der Waals surface area contributed by atoms with Gasteiger partial charge in [-0.15, -0.1) is 5.10 Å². The molecule has 0 radical (unpaired) electrons. The minimum Gasteiger partial charge on any atom is -0.481 e. The fraction of sp³-hybridized carbons (Fsp3) is 0.438. The second-order valence-corrected chi connectivity index (χ2v) is 6.46. The first-order valence-corrected chi connectivity index (χ1v) is 7.04. The molecule has 0 aliphatic carbocycles. The van der Waals surface area contributed by atoms with Crippen LogP contribution in [0.25, 0.3) is 10.8 Å². The van der Waals surface area contributed by atoms with Crippen molar-refractivity contribution in [2.75, 3.05) is 11.9 Å². The Hall–Kier alpha value is -2.17. The monoisotopic (exact) mass is 287 g/mol. The van der Waals surface area contributed by atoms with Gasteiger partial charge in [0.25, 0.3) is 0 Å². The zero-order valence-corrected chi connectivity index (χ0v) is 12.6. The molecule has 1 aromatic carbocycles. The van der Waals surface area contributed by atoms with E-state index in [1.807, 2.05) is 45.0 Å². The van der Waals surface area contributed by atoms with E-state index < -0.39 is 11.9 Å². The van der Waals surface area contributed by atoms with Gasteiger partial charge < -0.3 is 10.4 Å². The van der Waals surface area contributed by atoms with Crippen LogP contribution in [0.2, 0.25) is 0 Å². The van der Waals surface area contributed by atoms with E-state index >= 15 is 0 Å². The first-order valence-electron chi connectivity index (χ1n) is 7.04. The average molecular weight is 287 g/mol. The number of aliphatic carboxylic acids is 1. The number of anilines is 1. The van der Waals surface area contributed by atoms with E-state index in [-0.39, 0.29) is 5.41 Å². The van der Waals surface area contributed by atoms with Crippen molar-refractivity contribution < 1.29 is 9.90 Å². The molecule has 0 saturated heterocycles. The number of rotatable bonds is 5. The van der Waals surface area contributed by atoms with Crippen LogP contribution >= 0.6 is 0 Å². The number of fused-ring (bicyclic) bond motifs is 1. The van der Waals surface area contributed by atoms with Crippen LogP contribution in [0.15, 0.2) is 30.5 Å². The van der Waals surface area contributed by atoms with Gasteiger partial charge in [-0.25, -0.2) is 0 Å². The summed E-state index contributed by atoms with van der Waals surface area (Å²) in [6, 6.07) is 7.78. The predicted molar refractivity (Wildman–Crippen MR) is 83.2 cm³/mol. The van der Waals surface area contributed by atoms with Crippen molar-refractivity contribution >= 4 is 22.6 Å². The quantitative estimate of drug-likeness (QED) is 0.883. The second kappa shape index (κ2) is 6.08. The fourth-order valence-corrected chi connectivity index (χ4v) is 2.36. The lowest BCUT2D eigenvalue weighted by Crippen LogP contribution is -2.27. The number of nitrogens with one attached hydrogen (secondary N) is 1. The second-order valence-electron chi connectivity index (χ2n) is 6.46. The summed E-state index contributed by atoms with van der Waals surface area (Å²) in [5.74, 6) is -0.607. The van der Waals surface area contributed by atoms with Crippen LogP contribution in [0.1, 0.15) is 27.2 Å². The van der Waals surface area contributed by atoms with Crippen LogP contribution in [-0.2, 0) is 4.79 Å². The zero-order valence-electron chi connectivity index (χ0n) is 12.6. The highest BCUT2D eigenvalue weighted by Gasteiger charge is 2.24. The van der Waals surface area contributed by atoms with Gasteiger partial charge in [0.2, 0.25) is 0 Å². The smallest absolute Gasteiger partial charge is 0.308 e. The van der Waals surface area contributed by atoms with Crippen LogP contribution in [-0.4, -0.2) is 27.8 Å². The van der Waals surface area contributed by atoms with Crippen LogP contribution in [0.5, 0.6) is 0 Å². The van der Waals surface area contributed by atoms with Crippen molar-refractivity contribution in [2.45, 2.75) is 27.2 Å². The highest BCUT2D eigenvalue weighted by atomic mass is 16.4. The molecule has 1 aromatic heterocycles. The van der Waals surface area contributed by atoms with Gasteiger partial charge >= 0.3 is 5.97 Å². The highest BCUT2D eigenvalue weighted by Crippen LogP contribution is 2.26. The van der Waals surface area contributed by atoms with E-state index in [4.69, 9.17) is 0 Å². The summed E-state index contributed by atoms with van der Waals surface area (Å²) >= 11 is 0. The molecule has 0 fully saturated rings. The maximum Gasteiger partial charge on any atom is 0.308 e. The summed E-state index contributed by atoms with van der Waals surface area (Å²) < 4.78 is 0. The van der Waals surface area contributed by atoms with E-state index in [2.05, 4.69) is 15.5 Å². The number of aromatic nitrogens is 2. The Morgan fingerprint density at radius 3 is 2.71 bits per heavy atom. The van der Waals surface area contributed by atoms with Gasteiger partial charge in [-0.2, -0.15) is 5.10 Å². The topological polar surface area (TPSA) is 75.1 Å². The Labute approximate surface area is 124 Å². The number of benzene rings is 1. The summed E-state index contributed by atoms with van der Waals surface area (Å²) in [6.07, 6.45) is 2.30. The lowest BCUT2D eigenvalue weighted by Gasteiger charge is -2.23. The van der Waals surface area contributed by atoms with E-state index in [1.54, 1.807) is 6.20 Å². The predicted octanol–water partition coefficient (Wildman–Crippen LogP) is 3.18. The summed E-state index contributed by atoms with van der Waals surface area (Å²) in [5, 5.41) is 22.5. The van der Waals surface area contributed by atoms with E-state index in [0.29, 0.717) is 18.8 Å². The van der Waals surface area contributed by atoms with E-state index in [0.717, 1.165) is 10.8 Å². The number of carboxylic acids is 1. The fourth-order valence-electron chi connectivity index (χ4n) is 2.36. The van der Waals surface area contributed by atoms with Gasteiger partial charge in [-0.1, -0.05) is 45.0 Å². The Kier molecular flexibility index (Phi) is 4.40. The maximum absolute atomic E-state index is 11.4. The molecular weight excluding hydrogens is 266 g/mol. The van der Waals surface area contributed by atoms with Crippen molar-refractivity contribution in [3.05, 3.63) is 30.5 Å². The minimum atomic E-state index is -0.786. The van der Waals surface area contributed by atoms with Crippen LogP contribution in [0.3, 0.4) is 0 Å². The van der Waals surface area contributed by atoms with Gasteiger partial charge in [0, 0.05) is 17.3 Å². The lowest BCUT2D eigenvalue weighted by molar-refractivity contribution is -0.142. The van der Waals surface area contributed by atoms with Gasteiger partial charge in [-0.05, 0) is 11.8 Å². The van der Waals surface area contributed by atoms with Crippen molar-refractivity contribution in [2.24, 2.45) is 11.3 Å². The Morgan fingerprint density at radius 1 is 1.33 bits per heavy atom. The van der Waals surface area contributed by atoms with E-state index in [9.17, 15) is 9.90 Å². The first-order chi connectivity index (χ1) is 9.87. The summed E-state index contributed by atoms with van der Waals surface area (Å²) in [5.41, 5.74) is -0.0326. The van der Waals surface area contributed by atoms with Crippen LogP contribution in [0, 0.1) is 11.3 Å². The number of hydrogen-bond donors (Lipinski definition) is 2. The molecule has 112 valence electrons. The molecule has 0 spiro atoms. The molecule has 5 nitrogen and oxygen atoms in total. The molecule has 0 aliphatic heterocycles. The van der Waals surface area contributed by atoms with Crippen molar-refractivity contribution in [1.29, 1.82) is 0 Å². The minimum absolute atomic E-state index is 0.0326. The molecule has 21 heavy (non-hydrogen) atoms. The van der Waals surface area contributed by atoms with Gasteiger partial charge in [0.1, 0.15) is 0 Å². The number of nitrogens with zero attached hydrogens (tertiary/aromatic N) is 2. The molecule has 0 amide bonds. The van der Waals surface area contributed by atoms with E-state index in [1.165, 1.54) is 0 Å². The largest absolute Gasteiger partial charge is 0.481 e. The SMILES string of the molecule is CC(C)(C)CC(CNc1nncc2ccccc12)C(=O)O. The maximum atomic E-state index is 11.4. The molecule has 0 saturated carbocycles. The summed E-state index contributed by atoms with van der Waals surface area (Å²) in [6.45, 7) is 6.47. The average Bonchev–Trinajstić information content (AvgIpc) is 2.42. The molecular formula is C16H21N3O2. The Balaban J connectivity index is 2.14. The first kappa shape index (κ1) is 15.2. The lowest BCUT2D eigenvalue weighted by atomic mass is 9.84. The van der Waals surface area contributed by atoms with Crippen molar-refractivity contribution in [3.63, 3.8) is 0 Å². The number of hydrogen-bond acceptors (Lipinski definition) is 4. The molecule has 2 rings (SSSR count). The molecule has 1 atom stereocenters. The van der Waals surface area contributed by atoms with Crippen molar-refractivity contribution in [1.82, 2.24) is 10.2 Å². The molecule has 0 aliphatic rings. The van der Waals surface area contributed by atoms with Gasteiger partial charge in [0.15, 0.2) is 5.82 Å². The third-order valence-corrected chi connectivity index (χ3v) is 3.29. The standard InChI is InChI=1S/C16H21N3O2/c1-16(2,3)8-12(15(20)21)9-17-14-13-7-5-4-6-11(13)10-18-19-14/h4-7,10,12H,8-9H2,1-3H3,(H,17,19)(H,20,21). The molecule has 5 heteroatoms. The molecule has 2 aromatic rings. The third kappa shape index (κ3) is 4.15. The number of carbonyl (C=O) groups is 1. The van der Waals surface area contributed by atoms with Crippen LogP contribution in [0.4, 0.5) is 5.82 Å². The normalized spacial score (nSPS) is 13.1. The summed E-state index contributed by atoms with van der Waals surface area (Å²) in [4.78, 5) is 11.4. The van der Waals surface area contributed by atoms with Crippen LogP contribution < -0.4 is 5.32 Å². The Morgan fingerprint density at radius 2 is 2.05 bits per heavy atom. The molecule has 2 N–H and O–H groups in total. The number of carboxylic acid groups (broad SMARTS) is 1.